The van der Waals surface area contributed by atoms with Crippen molar-refractivity contribution in [1.29, 1.82) is 0 Å². The first-order chi connectivity index (χ1) is 14.3. The van der Waals surface area contributed by atoms with E-state index in [2.05, 4.69) is 34.5 Å². The van der Waals surface area contributed by atoms with Gasteiger partial charge in [-0.05, 0) is 48.9 Å². The van der Waals surface area contributed by atoms with Gasteiger partial charge in [-0.25, -0.2) is 13.1 Å². The second-order valence-corrected chi connectivity index (χ2v) is 9.05. The molecule has 8 nitrogen and oxygen atoms in total. The molecule has 0 aliphatic carbocycles. The number of amides is 1. The molecule has 9 heteroatoms. The molecule has 1 saturated heterocycles. The zero-order chi connectivity index (χ0) is 21.7. The lowest BCUT2D eigenvalue weighted by Gasteiger charge is -2.32. The van der Waals surface area contributed by atoms with E-state index in [1.165, 1.54) is 0 Å². The summed E-state index contributed by atoms with van der Waals surface area (Å²) in [6.07, 6.45) is 5.51. The van der Waals surface area contributed by atoms with Crippen molar-refractivity contribution in [2.75, 3.05) is 19.7 Å². The van der Waals surface area contributed by atoms with Gasteiger partial charge in [0.15, 0.2) is 6.61 Å². The summed E-state index contributed by atoms with van der Waals surface area (Å²) in [6, 6.07) is 3.86. The molecule has 162 valence electrons. The van der Waals surface area contributed by atoms with Gasteiger partial charge < -0.3 is 9.64 Å². The Morgan fingerprint density at radius 1 is 1.40 bits per heavy atom. The minimum atomic E-state index is -3.46. The zero-order valence-corrected chi connectivity index (χ0v) is 18.2. The van der Waals surface area contributed by atoms with Gasteiger partial charge in [0, 0.05) is 36.3 Å². The first kappa shape index (κ1) is 22.0. The van der Waals surface area contributed by atoms with E-state index in [1.807, 2.05) is 19.2 Å². The van der Waals surface area contributed by atoms with Gasteiger partial charge in [0.05, 0.1) is 6.20 Å². The van der Waals surface area contributed by atoms with Gasteiger partial charge in [0.25, 0.3) is 5.91 Å². The lowest BCUT2D eigenvalue weighted by Crippen LogP contribution is -2.47. The highest BCUT2D eigenvalue weighted by Crippen LogP contribution is 2.31. The van der Waals surface area contributed by atoms with Crippen molar-refractivity contribution < 1.29 is 17.9 Å². The first-order valence-corrected chi connectivity index (χ1v) is 11.6. The number of hydrogen-bond donors (Lipinski definition) is 2. The standard InChI is InChI=1S/C21H28N4O4S/c1-4-16-10-15(3)19(17-12-22-23-13-17)11-20(16)29-14-21(26)25-8-6-18(7-9-25)24-30(27,28)5-2/h5,10-13,18,24H,2,4,6-9,14H2,1,3H3,(H,22,23). The van der Waals surface area contributed by atoms with E-state index >= 15 is 0 Å². The summed E-state index contributed by atoms with van der Waals surface area (Å²) in [4.78, 5) is 14.3. The van der Waals surface area contributed by atoms with Gasteiger partial charge >= 0.3 is 0 Å². The molecule has 0 saturated carbocycles. The van der Waals surface area contributed by atoms with Gasteiger partial charge in [0.2, 0.25) is 10.0 Å². The van der Waals surface area contributed by atoms with Crippen LogP contribution in [0.5, 0.6) is 5.75 Å². The molecule has 2 heterocycles. The molecule has 1 aromatic heterocycles. The maximum atomic E-state index is 12.6. The van der Waals surface area contributed by atoms with Crippen molar-refractivity contribution >= 4 is 15.9 Å². The number of H-pyrrole nitrogens is 1. The molecular formula is C21H28N4O4S. The van der Waals surface area contributed by atoms with Gasteiger partial charge in [-0.15, -0.1) is 0 Å². The summed E-state index contributed by atoms with van der Waals surface area (Å²) >= 11 is 0. The molecule has 1 aliphatic heterocycles. The summed E-state index contributed by atoms with van der Waals surface area (Å²) in [7, 11) is -3.46. The van der Waals surface area contributed by atoms with Crippen molar-refractivity contribution in [2.24, 2.45) is 0 Å². The number of sulfonamides is 1. The predicted octanol–water partition coefficient (Wildman–Crippen LogP) is 2.38. The number of aromatic amines is 1. The molecule has 1 fully saturated rings. The quantitative estimate of drug-likeness (QED) is 0.666. The fraction of sp³-hybridized carbons (Fsp3) is 0.429. The molecule has 1 amide bonds. The Hall–Kier alpha value is -2.65. The molecular weight excluding hydrogens is 404 g/mol. The van der Waals surface area contributed by atoms with Crippen molar-refractivity contribution in [1.82, 2.24) is 19.8 Å². The topological polar surface area (TPSA) is 104 Å². The average molecular weight is 433 g/mol. The molecule has 1 aliphatic rings. The number of hydrogen-bond acceptors (Lipinski definition) is 5. The third-order valence-corrected chi connectivity index (χ3v) is 6.45. The molecule has 0 unspecified atom stereocenters. The smallest absolute Gasteiger partial charge is 0.260 e. The van der Waals surface area contributed by atoms with Crippen LogP contribution in [0.15, 0.2) is 36.5 Å². The maximum absolute atomic E-state index is 12.6. The Kier molecular flexibility index (Phi) is 6.94. The zero-order valence-electron chi connectivity index (χ0n) is 17.3. The Labute approximate surface area is 177 Å². The largest absolute Gasteiger partial charge is 0.483 e. The van der Waals surface area contributed by atoms with Crippen molar-refractivity contribution in [3.8, 4) is 16.9 Å². The van der Waals surface area contributed by atoms with E-state index in [4.69, 9.17) is 4.74 Å². The fourth-order valence-electron chi connectivity index (χ4n) is 3.63. The number of aryl methyl sites for hydroxylation is 2. The van der Waals surface area contributed by atoms with Crippen LogP contribution in [0.4, 0.5) is 0 Å². The number of benzene rings is 1. The SMILES string of the molecule is C=CS(=O)(=O)NC1CCN(C(=O)COc2cc(-c3cn[nH]c3)c(C)cc2CC)CC1. The minimum Gasteiger partial charge on any atom is -0.483 e. The molecule has 30 heavy (non-hydrogen) atoms. The molecule has 3 rings (SSSR count). The molecule has 2 N–H and O–H groups in total. The Morgan fingerprint density at radius 3 is 2.73 bits per heavy atom. The Balaban J connectivity index is 1.61. The number of carbonyl (C=O) groups is 1. The number of piperidine rings is 1. The molecule has 0 spiro atoms. The second kappa shape index (κ2) is 9.44. The van der Waals surface area contributed by atoms with E-state index in [0.717, 1.165) is 34.1 Å². The Bertz CT molecular complexity index is 994. The van der Waals surface area contributed by atoms with Crippen LogP contribution in [0.3, 0.4) is 0 Å². The number of likely N-dealkylation sites (tertiary alicyclic amines) is 1. The lowest BCUT2D eigenvalue weighted by molar-refractivity contribution is -0.134. The van der Waals surface area contributed by atoms with E-state index in [0.29, 0.717) is 31.7 Å². The lowest BCUT2D eigenvalue weighted by atomic mass is 9.99. The molecule has 2 aromatic rings. The van der Waals surface area contributed by atoms with Crippen LogP contribution in [-0.2, 0) is 21.2 Å². The first-order valence-electron chi connectivity index (χ1n) is 10.0. The Morgan fingerprint density at radius 2 is 2.13 bits per heavy atom. The van der Waals surface area contributed by atoms with E-state index < -0.39 is 10.0 Å². The van der Waals surface area contributed by atoms with Crippen molar-refractivity contribution in [3.63, 3.8) is 0 Å². The third-order valence-electron chi connectivity index (χ3n) is 5.35. The van der Waals surface area contributed by atoms with Gasteiger partial charge in [-0.2, -0.15) is 5.10 Å². The normalized spacial score (nSPS) is 15.2. The number of nitrogens with one attached hydrogen (secondary N) is 2. The van der Waals surface area contributed by atoms with Crippen LogP contribution in [-0.4, -0.2) is 55.2 Å². The average Bonchev–Trinajstić information content (AvgIpc) is 3.27. The van der Waals surface area contributed by atoms with E-state index in [9.17, 15) is 13.2 Å². The number of carbonyl (C=O) groups excluding carboxylic acids is 1. The second-order valence-electron chi connectivity index (χ2n) is 7.39. The molecule has 0 bridgehead atoms. The fourth-order valence-corrected chi connectivity index (χ4v) is 4.42. The van der Waals surface area contributed by atoms with E-state index in [-0.39, 0.29) is 18.6 Å². The summed E-state index contributed by atoms with van der Waals surface area (Å²) in [5, 5.41) is 7.73. The number of rotatable bonds is 8. The number of nitrogens with zero attached hydrogens (tertiary/aromatic N) is 2. The molecule has 0 radical (unpaired) electrons. The van der Waals surface area contributed by atoms with Gasteiger partial charge in [-0.3, -0.25) is 9.89 Å². The summed E-state index contributed by atoms with van der Waals surface area (Å²) in [6.45, 7) is 8.32. The molecule has 0 atom stereocenters. The predicted molar refractivity (Wildman–Crippen MR) is 115 cm³/mol. The number of ether oxygens (including phenoxy) is 1. The summed E-state index contributed by atoms with van der Waals surface area (Å²) in [5.41, 5.74) is 4.15. The van der Waals surface area contributed by atoms with Gasteiger partial charge in [0.1, 0.15) is 5.75 Å². The highest BCUT2D eigenvalue weighted by atomic mass is 32.2. The van der Waals surface area contributed by atoms with Crippen LogP contribution in [0, 0.1) is 6.92 Å². The van der Waals surface area contributed by atoms with Crippen LogP contribution in [0.1, 0.15) is 30.9 Å². The summed E-state index contributed by atoms with van der Waals surface area (Å²) < 4.78 is 31.7. The van der Waals surface area contributed by atoms with E-state index in [1.54, 1.807) is 11.1 Å². The summed E-state index contributed by atoms with van der Waals surface area (Å²) in [5.74, 6) is 0.591. The minimum absolute atomic E-state index is 0.0516. The van der Waals surface area contributed by atoms with Crippen LogP contribution >= 0.6 is 0 Å². The third kappa shape index (κ3) is 5.28. The number of aromatic nitrogens is 2. The highest BCUT2D eigenvalue weighted by molar-refractivity contribution is 7.92. The molecule has 1 aromatic carbocycles. The highest BCUT2D eigenvalue weighted by Gasteiger charge is 2.25. The van der Waals surface area contributed by atoms with Gasteiger partial charge in [-0.1, -0.05) is 19.6 Å². The van der Waals surface area contributed by atoms with Crippen molar-refractivity contribution in [3.05, 3.63) is 47.6 Å². The van der Waals surface area contributed by atoms with Crippen molar-refractivity contribution in [2.45, 2.75) is 39.2 Å². The van der Waals surface area contributed by atoms with Crippen LogP contribution < -0.4 is 9.46 Å². The van der Waals surface area contributed by atoms with Crippen LogP contribution in [0.2, 0.25) is 0 Å². The monoisotopic (exact) mass is 432 g/mol. The van der Waals surface area contributed by atoms with Crippen LogP contribution in [0.25, 0.3) is 11.1 Å². The maximum Gasteiger partial charge on any atom is 0.260 e.